The van der Waals surface area contributed by atoms with Gasteiger partial charge < -0.3 is 4.74 Å². The molecule has 0 saturated carbocycles. The van der Waals surface area contributed by atoms with E-state index in [0.29, 0.717) is 0 Å². The number of unbranched alkanes of at least 4 members (excludes halogenated alkanes) is 10. The smallest absolute Gasteiger partial charge is 0.321 e. The normalized spacial score (nSPS) is 18.6. The Morgan fingerprint density at radius 3 is 2.05 bits per heavy atom. The highest BCUT2D eigenvalue weighted by Gasteiger charge is 2.30. The van der Waals surface area contributed by atoms with Gasteiger partial charge in [-0.3, -0.25) is 9.59 Å². The van der Waals surface area contributed by atoms with Gasteiger partial charge in [-0.2, -0.15) is 0 Å². The molecule has 0 aromatic carbocycles. The molecule has 0 bridgehead atoms. The second-order valence-corrected chi connectivity index (χ2v) is 6.00. The standard InChI is InChI=1S/C18H30O3/c1-2-3-4-5-6-7-8-9-10-11-12-13-14-16-15-17(19)21-18(16)20/h13-14,16H,2-12,15H2,1H3. The summed E-state index contributed by atoms with van der Waals surface area (Å²) in [6, 6.07) is 0. The van der Waals surface area contributed by atoms with Crippen molar-refractivity contribution >= 4 is 11.9 Å². The van der Waals surface area contributed by atoms with Crippen LogP contribution in [0.15, 0.2) is 12.2 Å². The quantitative estimate of drug-likeness (QED) is 0.221. The predicted molar refractivity (Wildman–Crippen MR) is 84.8 cm³/mol. The van der Waals surface area contributed by atoms with Gasteiger partial charge in [0.1, 0.15) is 0 Å². The lowest BCUT2D eigenvalue weighted by molar-refractivity contribution is -0.152. The summed E-state index contributed by atoms with van der Waals surface area (Å²) in [5, 5.41) is 0. The molecule has 21 heavy (non-hydrogen) atoms. The zero-order chi connectivity index (χ0) is 15.3. The van der Waals surface area contributed by atoms with E-state index in [1.807, 2.05) is 12.2 Å². The van der Waals surface area contributed by atoms with Crippen LogP contribution in [-0.2, 0) is 14.3 Å². The molecule has 0 spiro atoms. The number of carbonyl (C=O) groups excluding carboxylic acids is 2. The number of cyclic esters (lactones) is 2. The molecule has 0 N–H and O–H groups in total. The molecule has 0 amide bonds. The molecule has 1 aliphatic rings. The highest BCUT2D eigenvalue weighted by molar-refractivity contribution is 5.95. The van der Waals surface area contributed by atoms with Gasteiger partial charge >= 0.3 is 11.9 Å². The van der Waals surface area contributed by atoms with Gasteiger partial charge in [-0.25, -0.2) is 0 Å². The van der Waals surface area contributed by atoms with Gasteiger partial charge in [0.2, 0.25) is 0 Å². The molecular formula is C18H30O3. The van der Waals surface area contributed by atoms with Crippen LogP contribution in [0.5, 0.6) is 0 Å². The first-order chi connectivity index (χ1) is 10.2. The van der Waals surface area contributed by atoms with Gasteiger partial charge in [0.05, 0.1) is 12.3 Å². The van der Waals surface area contributed by atoms with Crippen molar-refractivity contribution in [3.05, 3.63) is 12.2 Å². The summed E-state index contributed by atoms with van der Waals surface area (Å²) < 4.78 is 4.50. The first kappa shape index (κ1) is 17.9. The van der Waals surface area contributed by atoms with E-state index < -0.39 is 5.97 Å². The predicted octanol–water partition coefficient (Wildman–Crippen LogP) is 4.94. The number of hydrogen-bond donors (Lipinski definition) is 0. The number of allylic oxidation sites excluding steroid dienone is 1. The number of esters is 2. The summed E-state index contributed by atoms with van der Waals surface area (Å²) in [4.78, 5) is 22.1. The van der Waals surface area contributed by atoms with Crippen molar-refractivity contribution in [2.24, 2.45) is 5.92 Å². The molecule has 1 atom stereocenters. The SMILES string of the molecule is CCCCCCCCCCCCC=CC1CC(=O)OC1=O. The van der Waals surface area contributed by atoms with Crippen molar-refractivity contribution in [2.45, 2.75) is 84.0 Å². The lowest BCUT2D eigenvalue weighted by Crippen LogP contribution is -2.03. The second kappa shape index (κ2) is 11.5. The van der Waals surface area contributed by atoms with Crippen molar-refractivity contribution in [1.82, 2.24) is 0 Å². The molecule has 120 valence electrons. The minimum Gasteiger partial charge on any atom is -0.393 e. The van der Waals surface area contributed by atoms with E-state index in [1.165, 1.54) is 64.2 Å². The van der Waals surface area contributed by atoms with Gasteiger partial charge in [-0.05, 0) is 12.8 Å². The maximum absolute atomic E-state index is 11.2. The van der Waals surface area contributed by atoms with Crippen molar-refractivity contribution in [1.29, 1.82) is 0 Å². The summed E-state index contributed by atoms with van der Waals surface area (Å²) in [5.41, 5.74) is 0. The van der Waals surface area contributed by atoms with E-state index in [1.54, 1.807) is 0 Å². The Balaban J connectivity index is 1.86. The van der Waals surface area contributed by atoms with Crippen molar-refractivity contribution in [3.63, 3.8) is 0 Å². The van der Waals surface area contributed by atoms with Gasteiger partial charge in [0.25, 0.3) is 0 Å². The molecule has 0 aromatic heterocycles. The zero-order valence-electron chi connectivity index (χ0n) is 13.4. The molecule has 1 fully saturated rings. The van der Waals surface area contributed by atoms with Crippen molar-refractivity contribution < 1.29 is 14.3 Å². The van der Waals surface area contributed by atoms with Crippen molar-refractivity contribution in [3.8, 4) is 0 Å². The van der Waals surface area contributed by atoms with Crippen LogP contribution in [0.3, 0.4) is 0 Å². The molecule has 1 unspecified atom stereocenters. The van der Waals surface area contributed by atoms with Gasteiger partial charge in [-0.1, -0.05) is 76.9 Å². The summed E-state index contributed by atoms with van der Waals surface area (Å²) in [6.45, 7) is 2.25. The summed E-state index contributed by atoms with van der Waals surface area (Å²) in [5.74, 6) is -1.12. The van der Waals surface area contributed by atoms with Crippen LogP contribution >= 0.6 is 0 Å². The first-order valence-electron chi connectivity index (χ1n) is 8.65. The third-order valence-electron chi connectivity index (χ3n) is 4.00. The van der Waals surface area contributed by atoms with Crippen LogP contribution in [-0.4, -0.2) is 11.9 Å². The van der Waals surface area contributed by atoms with Crippen LogP contribution < -0.4 is 0 Å². The van der Waals surface area contributed by atoms with Gasteiger partial charge in [0, 0.05) is 0 Å². The highest BCUT2D eigenvalue weighted by atomic mass is 16.6. The Bertz CT molecular complexity index is 333. The van der Waals surface area contributed by atoms with E-state index in [9.17, 15) is 9.59 Å². The molecule has 1 aliphatic heterocycles. The Morgan fingerprint density at radius 2 is 1.52 bits per heavy atom. The number of carbonyl (C=O) groups is 2. The van der Waals surface area contributed by atoms with Gasteiger partial charge in [-0.15, -0.1) is 0 Å². The molecule has 0 aromatic rings. The van der Waals surface area contributed by atoms with E-state index >= 15 is 0 Å². The van der Waals surface area contributed by atoms with Crippen LogP contribution in [0.1, 0.15) is 84.0 Å². The topological polar surface area (TPSA) is 43.4 Å². The summed E-state index contributed by atoms with van der Waals surface area (Å²) >= 11 is 0. The maximum atomic E-state index is 11.2. The number of rotatable bonds is 12. The third-order valence-corrected chi connectivity index (χ3v) is 4.00. The molecule has 1 rings (SSSR count). The monoisotopic (exact) mass is 294 g/mol. The Labute approximate surface area is 129 Å². The zero-order valence-corrected chi connectivity index (χ0v) is 13.4. The number of ether oxygens (including phenoxy) is 1. The molecule has 0 radical (unpaired) electrons. The Kier molecular flexibility index (Phi) is 9.84. The van der Waals surface area contributed by atoms with E-state index in [-0.39, 0.29) is 18.3 Å². The van der Waals surface area contributed by atoms with Crippen LogP contribution in [0.2, 0.25) is 0 Å². The lowest BCUT2D eigenvalue weighted by Gasteiger charge is -2.01. The van der Waals surface area contributed by atoms with Crippen LogP contribution in [0.25, 0.3) is 0 Å². The molecule has 1 saturated heterocycles. The average Bonchev–Trinajstić information content (AvgIpc) is 2.78. The Hall–Kier alpha value is -1.12. The second-order valence-electron chi connectivity index (χ2n) is 6.00. The molecule has 0 aliphatic carbocycles. The molecule has 3 heteroatoms. The average molecular weight is 294 g/mol. The van der Waals surface area contributed by atoms with Crippen LogP contribution in [0.4, 0.5) is 0 Å². The van der Waals surface area contributed by atoms with E-state index in [4.69, 9.17) is 0 Å². The fraction of sp³-hybridized carbons (Fsp3) is 0.778. The summed E-state index contributed by atoms with van der Waals surface area (Å²) in [6.07, 6.45) is 18.4. The first-order valence-corrected chi connectivity index (χ1v) is 8.65. The largest absolute Gasteiger partial charge is 0.393 e. The molecule has 1 heterocycles. The lowest BCUT2D eigenvalue weighted by atomic mass is 10.0. The summed E-state index contributed by atoms with van der Waals surface area (Å²) in [7, 11) is 0. The Morgan fingerprint density at radius 1 is 0.952 bits per heavy atom. The van der Waals surface area contributed by atoms with Crippen molar-refractivity contribution in [2.75, 3.05) is 0 Å². The minimum atomic E-state index is -0.395. The van der Waals surface area contributed by atoms with Gasteiger partial charge in [0.15, 0.2) is 0 Å². The minimum absolute atomic E-state index is 0.216. The number of hydrogen-bond acceptors (Lipinski definition) is 3. The third kappa shape index (κ3) is 8.69. The van der Waals surface area contributed by atoms with E-state index in [2.05, 4.69) is 11.7 Å². The van der Waals surface area contributed by atoms with Crippen LogP contribution in [0, 0.1) is 5.92 Å². The molecule has 3 nitrogen and oxygen atoms in total. The fourth-order valence-electron chi connectivity index (χ4n) is 2.65. The highest BCUT2D eigenvalue weighted by Crippen LogP contribution is 2.18. The maximum Gasteiger partial charge on any atom is 0.321 e. The van der Waals surface area contributed by atoms with E-state index in [0.717, 1.165) is 6.42 Å². The fourth-order valence-corrected chi connectivity index (χ4v) is 2.65. The molecular weight excluding hydrogens is 264 g/mol.